The van der Waals surface area contributed by atoms with Crippen molar-refractivity contribution in [2.24, 2.45) is 5.73 Å². The molecule has 0 unspecified atom stereocenters. The second-order valence-corrected chi connectivity index (χ2v) is 5.89. The first-order valence-corrected chi connectivity index (χ1v) is 8.01. The summed E-state index contributed by atoms with van der Waals surface area (Å²) in [6.07, 6.45) is 3.41. The van der Waals surface area contributed by atoms with E-state index >= 15 is 0 Å². The number of nitrogens with zero attached hydrogens (tertiary/aromatic N) is 1. The highest BCUT2D eigenvalue weighted by molar-refractivity contribution is 5.97. The highest BCUT2D eigenvalue weighted by Crippen LogP contribution is 2.30. The third kappa shape index (κ3) is 3.27. The number of ether oxygens (including phenoxy) is 1. The van der Waals surface area contributed by atoms with Gasteiger partial charge in [0.2, 0.25) is 0 Å². The van der Waals surface area contributed by atoms with E-state index < -0.39 is 6.09 Å². The van der Waals surface area contributed by atoms with Crippen LogP contribution in [0, 0.1) is 0 Å². The Balaban J connectivity index is 1.75. The van der Waals surface area contributed by atoms with Crippen LogP contribution in [-0.4, -0.2) is 34.7 Å². The molecule has 1 saturated carbocycles. The number of amides is 2. The van der Waals surface area contributed by atoms with Crippen LogP contribution >= 0.6 is 0 Å². The lowest BCUT2D eigenvalue weighted by Crippen LogP contribution is -2.29. The molecule has 2 aromatic rings. The molecule has 0 saturated heterocycles. The van der Waals surface area contributed by atoms with E-state index in [9.17, 15) is 14.4 Å². The molecule has 4 N–H and O–H groups in total. The van der Waals surface area contributed by atoms with Gasteiger partial charge in [0.05, 0.1) is 17.6 Å². The summed E-state index contributed by atoms with van der Waals surface area (Å²) in [4.78, 5) is 37.6. The van der Waals surface area contributed by atoms with Gasteiger partial charge in [-0.15, -0.1) is 0 Å². The monoisotopic (exact) mass is 332 g/mol. The SMILES string of the molecule is NC(=O)OCCNC(=O)c1ccc2c(c1)[nH]c(=O)n2C1CCCC1. The number of rotatable bonds is 5. The Morgan fingerprint density at radius 2 is 2.08 bits per heavy atom. The van der Waals surface area contributed by atoms with Crippen molar-refractivity contribution < 1.29 is 14.3 Å². The average Bonchev–Trinajstić information content (AvgIpc) is 3.16. The quantitative estimate of drug-likeness (QED) is 0.714. The molecule has 1 aliphatic carbocycles. The minimum absolute atomic E-state index is 0.0121. The fourth-order valence-electron chi connectivity index (χ4n) is 3.22. The Labute approximate surface area is 138 Å². The maximum absolute atomic E-state index is 12.2. The van der Waals surface area contributed by atoms with Crippen molar-refractivity contribution >= 4 is 23.0 Å². The number of fused-ring (bicyclic) bond motifs is 1. The van der Waals surface area contributed by atoms with Gasteiger partial charge in [-0.2, -0.15) is 0 Å². The summed E-state index contributed by atoms with van der Waals surface area (Å²) in [6, 6.07) is 5.37. The van der Waals surface area contributed by atoms with Crippen molar-refractivity contribution in [3.63, 3.8) is 0 Å². The smallest absolute Gasteiger partial charge is 0.404 e. The van der Waals surface area contributed by atoms with Gasteiger partial charge in [0.15, 0.2) is 0 Å². The number of primary amides is 1. The largest absolute Gasteiger partial charge is 0.448 e. The molecule has 0 spiro atoms. The third-order valence-electron chi connectivity index (χ3n) is 4.30. The zero-order valence-corrected chi connectivity index (χ0v) is 13.2. The van der Waals surface area contributed by atoms with Gasteiger partial charge in [0.1, 0.15) is 6.61 Å². The predicted octanol–water partition coefficient (Wildman–Crippen LogP) is 1.27. The van der Waals surface area contributed by atoms with Crippen LogP contribution in [0.15, 0.2) is 23.0 Å². The number of benzene rings is 1. The van der Waals surface area contributed by atoms with Crippen LogP contribution < -0.4 is 16.7 Å². The van der Waals surface area contributed by atoms with Crippen LogP contribution in [0.3, 0.4) is 0 Å². The van der Waals surface area contributed by atoms with Crippen molar-refractivity contribution in [2.45, 2.75) is 31.7 Å². The van der Waals surface area contributed by atoms with Crippen LogP contribution in [0.5, 0.6) is 0 Å². The molecule has 1 aromatic heterocycles. The highest BCUT2D eigenvalue weighted by atomic mass is 16.5. The van der Waals surface area contributed by atoms with E-state index in [0.717, 1.165) is 31.2 Å². The average molecular weight is 332 g/mol. The Morgan fingerprint density at radius 1 is 1.33 bits per heavy atom. The van der Waals surface area contributed by atoms with Crippen LogP contribution in [0.25, 0.3) is 11.0 Å². The summed E-state index contributed by atoms with van der Waals surface area (Å²) >= 11 is 0. The van der Waals surface area contributed by atoms with E-state index in [0.29, 0.717) is 11.1 Å². The summed E-state index contributed by atoms with van der Waals surface area (Å²) < 4.78 is 6.34. The molecule has 1 fully saturated rings. The van der Waals surface area contributed by atoms with E-state index in [2.05, 4.69) is 15.0 Å². The first kappa shape index (κ1) is 16.1. The molecule has 0 atom stereocenters. The van der Waals surface area contributed by atoms with E-state index in [1.54, 1.807) is 22.8 Å². The van der Waals surface area contributed by atoms with E-state index in [1.165, 1.54) is 0 Å². The molecule has 1 aromatic carbocycles. The molecule has 1 aliphatic rings. The molecule has 0 radical (unpaired) electrons. The van der Waals surface area contributed by atoms with Gasteiger partial charge in [-0.3, -0.25) is 9.36 Å². The number of nitrogens with two attached hydrogens (primary N) is 1. The molecule has 3 rings (SSSR count). The third-order valence-corrected chi connectivity index (χ3v) is 4.30. The molecule has 0 aliphatic heterocycles. The summed E-state index contributed by atoms with van der Waals surface area (Å²) in [7, 11) is 0. The van der Waals surface area contributed by atoms with Crippen molar-refractivity contribution in [3.05, 3.63) is 34.2 Å². The van der Waals surface area contributed by atoms with Gasteiger partial charge in [0.25, 0.3) is 5.91 Å². The number of carbonyl (C=O) groups is 2. The van der Waals surface area contributed by atoms with Crippen LogP contribution in [-0.2, 0) is 4.74 Å². The van der Waals surface area contributed by atoms with Gasteiger partial charge >= 0.3 is 11.8 Å². The minimum Gasteiger partial charge on any atom is -0.448 e. The molecular weight excluding hydrogens is 312 g/mol. The van der Waals surface area contributed by atoms with Crippen molar-refractivity contribution in [1.82, 2.24) is 14.9 Å². The normalized spacial score (nSPS) is 14.8. The van der Waals surface area contributed by atoms with Gasteiger partial charge in [-0.25, -0.2) is 9.59 Å². The maximum Gasteiger partial charge on any atom is 0.404 e. The van der Waals surface area contributed by atoms with Crippen molar-refractivity contribution in [3.8, 4) is 0 Å². The second kappa shape index (κ2) is 6.77. The van der Waals surface area contributed by atoms with Gasteiger partial charge < -0.3 is 20.8 Å². The topological polar surface area (TPSA) is 119 Å². The zero-order chi connectivity index (χ0) is 17.1. The molecule has 0 bridgehead atoms. The first-order chi connectivity index (χ1) is 11.6. The molecule has 128 valence electrons. The van der Waals surface area contributed by atoms with Gasteiger partial charge in [-0.05, 0) is 31.0 Å². The fourth-order valence-corrected chi connectivity index (χ4v) is 3.22. The maximum atomic E-state index is 12.2. The van der Waals surface area contributed by atoms with Gasteiger partial charge in [-0.1, -0.05) is 12.8 Å². The number of imidazole rings is 1. The number of nitrogens with one attached hydrogen (secondary N) is 2. The fraction of sp³-hybridized carbons (Fsp3) is 0.438. The Morgan fingerprint density at radius 3 is 2.79 bits per heavy atom. The minimum atomic E-state index is -0.878. The standard InChI is InChI=1S/C16H20N4O4/c17-15(22)24-8-7-18-14(21)10-5-6-13-12(9-10)19-16(23)20(13)11-3-1-2-4-11/h5-6,9,11H,1-4,7-8H2,(H2,17,22)(H,18,21)(H,19,23). The molecule has 1 heterocycles. The van der Waals surface area contributed by atoms with Crippen molar-refractivity contribution in [1.29, 1.82) is 0 Å². The Bertz CT molecular complexity index is 817. The summed E-state index contributed by atoms with van der Waals surface area (Å²) in [5.41, 5.74) is 6.60. The summed E-state index contributed by atoms with van der Waals surface area (Å²) in [5, 5.41) is 2.63. The number of hydrogen-bond acceptors (Lipinski definition) is 4. The summed E-state index contributed by atoms with van der Waals surface area (Å²) in [5.74, 6) is -0.306. The molecule has 2 amide bonds. The Kier molecular flexibility index (Phi) is 4.54. The van der Waals surface area contributed by atoms with E-state index in [-0.39, 0.29) is 30.8 Å². The number of carbonyl (C=O) groups excluding carboxylic acids is 2. The lowest BCUT2D eigenvalue weighted by Gasteiger charge is -2.11. The predicted molar refractivity (Wildman–Crippen MR) is 87.9 cm³/mol. The van der Waals surface area contributed by atoms with Crippen LogP contribution in [0.4, 0.5) is 4.79 Å². The lowest BCUT2D eigenvalue weighted by atomic mass is 10.1. The molecule has 8 nitrogen and oxygen atoms in total. The molecule has 24 heavy (non-hydrogen) atoms. The molecule has 8 heteroatoms. The lowest BCUT2D eigenvalue weighted by molar-refractivity contribution is 0.0937. The number of aromatic amines is 1. The second-order valence-electron chi connectivity index (χ2n) is 5.89. The number of hydrogen-bond donors (Lipinski definition) is 3. The summed E-state index contributed by atoms with van der Waals surface area (Å²) in [6.45, 7) is 0.178. The van der Waals surface area contributed by atoms with E-state index in [1.807, 2.05) is 0 Å². The number of aromatic nitrogens is 2. The Hall–Kier alpha value is -2.77. The van der Waals surface area contributed by atoms with Crippen LogP contribution in [0.2, 0.25) is 0 Å². The van der Waals surface area contributed by atoms with Crippen LogP contribution in [0.1, 0.15) is 42.1 Å². The zero-order valence-electron chi connectivity index (χ0n) is 13.2. The van der Waals surface area contributed by atoms with Gasteiger partial charge in [0, 0.05) is 11.6 Å². The van der Waals surface area contributed by atoms with Crippen molar-refractivity contribution in [2.75, 3.05) is 13.2 Å². The first-order valence-electron chi connectivity index (χ1n) is 8.01. The number of H-pyrrole nitrogens is 1. The highest BCUT2D eigenvalue weighted by Gasteiger charge is 2.21. The molecular formula is C16H20N4O4. The van der Waals surface area contributed by atoms with E-state index in [4.69, 9.17) is 5.73 Å².